The Morgan fingerprint density at radius 3 is 1.67 bits per heavy atom. The third kappa shape index (κ3) is 5.10. The monoisotopic (exact) mass is 214 g/mol. The molecule has 0 spiro atoms. The molecule has 0 N–H and O–H groups in total. The van der Waals surface area contributed by atoms with E-state index in [1.54, 1.807) is 13.3 Å². The maximum absolute atomic E-state index is 11.4. The van der Waals surface area contributed by atoms with E-state index in [2.05, 4.69) is 0 Å². The summed E-state index contributed by atoms with van der Waals surface area (Å²) < 4.78 is 32.1. The summed E-state index contributed by atoms with van der Waals surface area (Å²) >= 11 is 0. The first-order valence-corrected chi connectivity index (χ1v) is 8.09. The molecule has 6 heteroatoms. The van der Waals surface area contributed by atoms with Crippen LogP contribution in [0.4, 0.5) is 0 Å². The zero-order valence-corrected chi connectivity index (χ0v) is 9.73. The van der Waals surface area contributed by atoms with Crippen LogP contribution in [0, 0.1) is 0 Å². The molecular formula is C6H16O4P2. The van der Waals surface area contributed by atoms with Gasteiger partial charge in [-0.1, -0.05) is 0 Å². The number of hydrogen-bond acceptors (Lipinski definition) is 4. The van der Waals surface area contributed by atoms with Crippen LogP contribution in [0.15, 0.2) is 0 Å². The van der Waals surface area contributed by atoms with Crippen molar-refractivity contribution in [1.29, 1.82) is 0 Å². The summed E-state index contributed by atoms with van der Waals surface area (Å²) in [7, 11) is -2.40. The van der Waals surface area contributed by atoms with Gasteiger partial charge in [-0.25, -0.2) is 0 Å². The van der Waals surface area contributed by atoms with E-state index in [1.165, 1.54) is 14.2 Å². The van der Waals surface area contributed by atoms with Crippen LogP contribution in [0.3, 0.4) is 0 Å². The zero-order chi connectivity index (χ0) is 9.83. The highest BCUT2D eigenvalue weighted by Crippen LogP contribution is 2.50. The molecule has 0 amide bonds. The molecule has 0 heterocycles. The van der Waals surface area contributed by atoms with Crippen molar-refractivity contribution in [3.8, 4) is 0 Å². The molecule has 0 aliphatic heterocycles. The smallest absolute Gasteiger partial charge is 0.324 e. The fourth-order valence-corrected chi connectivity index (χ4v) is 4.04. The molecule has 0 atom stereocenters. The maximum Gasteiger partial charge on any atom is 0.330 e. The predicted octanol–water partition coefficient (Wildman–Crippen LogP) is 2.09. The highest BCUT2D eigenvalue weighted by Gasteiger charge is 2.23. The van der Waals surface area contributed by atoms with Crippen molar-refractivity contribution in [2.24, 2.45) is 0 Å². The zero-order valence-electron chi connectivity index (χ0n) is 7.94. The first-order chi connectivity index (χ1) is 5.33. The molecular weight excluding hydrogens is 198 g/mol. The lowest BCUT2D eigenvalue weighted by Gasteiger charge is -2.14. The minimum Gasteiger partial charge on any atom is -0.324 e. The van der Waals surface area contributed by atoms with Crippen LogP contribution in [0.2, 0.25) is 0 Å². The van der Waals surface area contributed by atoms with Crippen LogP contribution in [-0.4, -0.2) is 39.9 Å². The Morgan fingerprint density at radius 2 is 1.42 bits per heavy atom. The Labute approximate surface area is 73.5 Å². The summed E-state index contributed by atoms with van der Waals surface area (Å²) in [5.74, 6) is 0. The van der Waals surface area contributed by atoms with Crippen LogP contribution in [-0.2, 0) is 18.2 Å². The van der Waals surface area contributed by atoms with Gasteiger partial charge in [-0.2, -0.15) is 0 Å². The fourth-order valence-electron chi connectivity index (χ4n) is 0.620. The van der Waals surface area contributed by atoms with E-state index in [4.69, 9.17) is 9.05 Å². The Hall–Kier alpha value is 0.380. The highest BCUT2D eigenvalue weighted by molar-refractivity contribution is 7.64. The van der Waals surface area contributed by atoms with E-state index < -0.39 is 14.7 Å². The van der Waals surface area contributed by atoms with Crippen LogP contribution in [0.1, 0.15) is 0 Å². The van der Waals surface area contributed by atoms with Gasteiger partial charge in [0.05, 0.1) is 13.3 Å². The lowest BCUT2D eigenvalue weighted by molar-refractivity contribution is 0.277. The Morgan fingerprint density at radius 1 is 1.00 bits per heavy atom. The first kappa shape index (κ1) is 12.4. The van der Waals surface area contributed by atoms with Gasteiger partial charge >= 0.3 is 7.60 Å². The molecule has 0 fully saturated rings. The number of hydrogen-bond donors (Lipinski definition) is 0. The van der Waals surface area contributed by atoms with Gasteiger partial charge in [0, 0.05) is 20.4 Å². The van der Waals surface area contributed by atoms with E-state index in [1.807, 2.05) is 0 Å². The molecule has 0 unspecified atom stereocenters. The standard InChI is InChI=1S/C6H16O4P2/c1-9-12(8,10-2)6-5-11(3,4)7/h5-6H2,1-4H3. The molecule has 0 aliphatic carbocycles. The third-order valence-corrected chi connectivity index (χ3v) is 5.01. The second kappa shape index (κ2) is 4.57. The minimum atomic E-state index is -2.95. The normalized spacial score (nSPS) is 13.3. The second-order valence-electron chi connectivity index (χ2n) is 3.00. The van der Waals surface area contributed by atoms with E-state index in [0.717, 1.165) is 0 Å². The molecule has 0 saturated carbocycles. The average molecular weight is 214 g/mol. The average Bonchev–Trinajstić information content (AvgIpc) is 1.99. The molecule has 74 valence electrons. The SMILES string of the molecule is COP(=O)(CCP(C)(C)=O)OC. The van der Waals surface area contributed by atoms with Crippen molar-refractivity contribution in [3.05, 3.63) is 0 Å². The molecule has 0 aromatic carbocycles. The summed E-state index contributed by atoms with van der Waals surface area (Å²) in [6.07, 6.45) is 0.621. The Bertz CT molecular complexity index is 212. The van der Waals surface area contributed by atoms with E-state index in [-0.39, 0.29) is 6.16 Å². The third-order valence-electron chi connectivity index (χ3n) is 1.47. The second-order valence-corrected chi connectivity index (χ2v) is 8.99. The first-order valence-electron chi connectivity index (χ1n) is 3.57. The van der Waals surface area contributed by atoms with Crippen LogP contribution in [0.25, 0.3) is 0 Å². The molecule has 0 aliphatic rings. The summed E-state index contributed by atoms with van der Waals surface area (Å²) in [5, 5.41) is 0. The summed E-state index contributed by atoms with van der Waals surface area (Å²) in [4.78, 5) is 0. The van der Waals surface area contributed by atoms with Crippen molar-refractivity contribution >= 4 is 14.7 Å². The van der Waals surface area contributed by atoms with Crippen molar-refractivity contribution in [3.63, 3.8) is 0 Å². The highest BCUT2D eigenvalue weighted by atomic mass is 31.2. The van der Waals surface area contributed by atoms with Gasteiger partial charge in [-0.3, -0.25) is 4.57 Å². The van der Waals surface area contributed by atoms with Gasteiger partial charge in [-0.15, -0.1) is 0 Å². The van der Waals surface area contributed by atoms with Crippen molar-refractivity contribution in [2.75, 3.05) is 39.9 Å². The van der Waals surface area contributed by atoms with Gasteiger partial charge < -0.3 is 13.6 Å². The Balaban J connectivity index is 4.08. The lowest BCUT2D eigenvalue weighted by Crippen LogP contribution is -1.99. The topological polar surface area (TPSA) is 52.6 Å². The lowest BCUT2D eigenvalue weighted by atomic mass is 11.0. The van der Waals surface area contributed by atoms with E-state index >= 15 is 0 Å². The summed E-state index contributed by atoms with van der Waals surface area (Å²) in [6, 6.07) is 0. The van der Waals surface area contributed by atoms with Gasteiger partial charge in [0.15, 0.2) is 0 Å². The predicted molar refractivity (Wildman–Crippen MR) is 50.8 cm³/mol. The van der Waals surface area contributed by atoms with Gasteiger partial charge in [-0.05, 0) is 13.3 Å². The molecule has 0 bridgehead atoms. The molecule has 4 nitrogen and oxygen atoms in total. The van der Waals surface area contributed by atoms with Crippen molar-refractivity contribution in [1.82, 2.24) is 0 Å². The fraction of sp³-hybridized carbons (Fsp3) is 1.00. The van der Waals surface area contributed by atoms with Crippen molar-refractivity contribution < 1.29 is 18.2 Å². The van der Waals surface area contributed by atoms with Crippen LogP contribution >= 0.6 is 14.7 Å². The summed E-state index contributed by atoms with van der Waals surface area (Å²) in [6.45, 7) is 3.31. The molecule has 12 heavy (non-hydrogen) atoms. The van der Waals surface area contributed by atoms with Gasteiger partial charge in [0.2, 0.25) is 0 Å². The molecule has 0 radical (unpaired) electrons. The largest absolute Gasteiger partial charge is 0.330 e. The summed E-state index contributed by atoms with van der Waals surface area (Å²) in [5.41, 5.74) is 0. The van der Waals surface area contributed by atoms with Gasteiger partial charge in [0.1, 0.15) is 0 Å². The molecule has 0 rings (SSSR count). The van der Waals surface area contributed by atoms with Crippen LogP contribution < -0.4 is 0 Å². The number of rotatable bonds is 5. The Kier molecular flexibility index (Phi) is 4.71. The van der Waals surface area contributed by atoms with E-state index in [9.17, 15) is 9.13 Å². The van der Waals surface area contributed by atoms with Gasteiger partial charge in [0.25, 0.3) is 0 Å². The molecule has 0 aromatic rings. The quantitative estimate of drug-likeness (QED) is 0.657. The van der Waals surface area contributed by atoms with Crippen LogP contribution in [0.5, 0.6) is 0 Å². The minimum absolute atomic E-state index is 0.226. The maximum atomic E-state index is 11.4. The molecule has 0 aromatic heterocycles. The molecule has 0 saturated heterocycles. The van der Waals surface area contributed by atoms with E-state index in [0.29, 0.717) is 6.16 Å². The van der Waals surface area contributed by atoms with Crippen molar-refractivity contribution in [2.45, 2.75) is 0 Å².